The smallest absolute Gasteiger partial charge is 0.323 e. The standard InChI is InChI=1S/C15H23NO2S/c1-3-5-14(15(17)18-4-2)16(13-6-7-13)10-12-8-9-19-11-12/h8-9,11,13-14H,3-7,10H2,1-2H3. The molecule has 1 aromatic heterocycles. The predicted octanol–water partition coefficient (Wildman–Crippen LogP) is 3.44. The van der Waals surface area contributed by atoms with Crippen LogP contribution in [-0.4, -0.2) is 29.6 Å². The van der Waals surface area contributed by atoms with Gasteiger partial charge in [0.2, 0.25) is 0 Å². The summed E-state index contributed by atoms with van der Waals surface area (Å²) < 4.78 is 5.26. The van der Waals surface area contributed by atoms with E-state index in [9.17, 15) is 4.79 Å². The minimum Gasteiger partial charge on any atom is -0.465 e. The van der Waals surface area contributed by atoms with E-state index in [1.54, 1.807) is 11.3 Å². The van der Waals surface area contributed by atoms with Gasteiger partial charge in [0.15, 0.2) is 0 Å². The Kier molecular flexibility index (Phi) is 5.40. The van der Waals surface area contributed by atoms with Crippen LogP contribution in [0.5, 0.6) is 0 Å². The van der Waals surface area contributed by atoms with Gasteiger partial charge in [-0.2, -0.15) is 11.3 Å². The minimum absolute atomic E-state index is 0.0496. The molecule has 0 radical (unpaired) electrons. The zero-order valence-corrected chi connectivity index (χ0v) is 12.6. The first kappa shape index (κ1) is 14.5. The zero-order chi connectivity index (χ0) is 13.7. The van der Waals surface area contributed by atoms with Crippen LogP contribution in [0, 0.1) is 0 Å². The molecular formula is C15H23NO2S. The van der Waals surface area contributed by atoms with Crippen molar-refractivity contribution in [2.45, 2.75) is 58.2 Å². The van der Waals surface area contributed by atoms with Crippen molar-refractivity contribution in [1.29, 1.82) is 0 Å². The largest absolute Gasteiger partial charge is 0.465 e. The topological polar surface area (TPSA) is 29.5 Å². The van der Waals surface area contributed by atoms with E-state index in [1.165, 1.54) is 18.4 Å². The third-order valence-corrected chi connectivity index (χ3v) is 4.21. The molecule has 3 nitrogen and oxygen atoms in total. The molecule has 0 aromatic carbocycles. The van der Waals surface area contributed by atoms with Crippen LogP contribution in [-0.2, 0) is 16.1 Å². The van der Waals surface area contributed by atoms with Crippen molar-refractivity contribution in [3.05, 3.63) is 22.4 Å². The summed E-state index contributed by atoms with van der Waals surface area (Å²) in [6.07, 6.45) is 4.32. The Morgan fingerprint density at radius 3 is 2.84 bits per heavy atom. The molecule has 1 aromatic rings. The van der Waals surface area contributed by atoms with Crippen molar-refractivity contribution < 1.29 is 9.53 Å². The number of hydrogen-bond donors (Lipinski definition) is 0. The van der Waals surface area contributed by atoms with E-state index in [-0.39, 0.29) is 12.0 Å². The molecule has 2 rings (SSSR count). The maximum Gasteiger partial charge on any atom is 0.323 e. The number of carbonyl (C=O) groups is 1. The van der Waals surface area contributed by atoms with Gasteiger partial charge in [0.05, 0.1) is 6.61 Å². The zero-order valence-electron chi connectivity index (χ0n) is 11.8. The van der Waals surface area contributed by atoms with Gasteiger partial charge in [0.1, 0.15) is 6.04 Å². The summed E-state index contributed by atoms with van der Waals surface area (Å²) in [6, 6.07) is 2.65. The second-order valence-electron chi connectivity index (χ2n) is 5.09. The first-order chi connectivity index (χ1) is 9.26. The second-order valence-corrected chi connectivity index (χ2v) is 5.87. The Hall–Kier alpha value is -0.870. The van der Waals surface area contributed by atoms with Crippen LogP contribution in [0.15, 0.2) is 16.8 Å². The van der Waals surface area contributed by atoms with E-state index in [1.807, 2.05) is 6.92 Å². The number of thiophene rings is 1. The average Bonchev–Trinajstić information content (AvgIpc) is 3.11. The van der Waals surface area contributed by atoms with Gasteiger partial charge in [-0.3, -0.25) is 9.69 Å². The summed E-state index contributed by atoms with van der Waals surface area (Å²) in [5, 5.41) is 4.27. The summed E-state index contributed by atoms with van der Waals surface area (Å²) in [5.41, 5.74) is 1.31. The van der Waals surface area contributed by atoms with E-state index >= 15 is 0 Å². The molecule has 4 heteroatoms. The highest BCUT2D eigenvalue weighted by Gasteiger charge is 2.37. The molecule has 1 heterocycles. The molecule has 0 bridgehead atoms. The molecule has 1 aliphatic carbocycles. The quantitative estimate of drug-likeness (QED) is 0.684. The van der Waals surface area contributed by atoms with Crippen molar-refractivity contribution in [2.75, 3.05) is 6.61 Å². The monoisotopic (exact) mass is 281 g/mol. The SMILES string of the molecule is CCCC(C(=O)OCC)N(Cc1ccsc1)C1CC1. The van der Waals surface area contributed by atoms with Gasteiger partial charge in [-0.15, -0.1) is 0 Å². The summed E-state index contributed by atoms with van der Waals surface area (Å²) in [5.74, 6) is -0.0496. The summed E-state index contributed by atoms with van der Waals surface area (Å²) in [4.78, 5) is 14.5. The number of carbonyl (C=O) groups excluding carboxylic acids is 1. The van der Waals surface area contributed by atoms with Crippen LogP contribution < -0.4 is 0 Å². The van der Waals surface area contributed by atoms with E-state index in [2.05, 4.69) is 28.7 Å². The van der Waals surface area contributed by atoms with Gasteiger partial charge >= 0.3 is 5.97 Å². The molecule has 0 saturated heterocycles. The van der Waals surface area contributed by atoms with Crippen LogP contribution in [0.4, 0.5) is 0 Å². The molecule has 0 spiro atoms. The maximum atomic E-state index is 12.2. The molecule has 1 atom stereocenters. The normalized spacial score (nSPS) is 16.6. The fourth-order valence-corrected chi connectivity index (χ4v) is 3.08. The fraction of sp³-hybridized carbons (Fsp3) is 0.667. The third-order valence-electron chi connectivity index (χ3n) is 3.48. The molecule has 19 heavy (non-hydrogen) atoms. The van der Waals surface area contributed by atoms with Crippen LogP contribution in [0.1, 0.15) is 45.1 Å². The maximum absolute atomic E-state index is 12.2. The first-order valence-corrected chi connectivity index (χ1v) is 8.14. The van der Waals surface area contributed by atoms with Crippen molar-refractivity contribution >= 4 is 17.3 Å². The molecule has 1 unspecified atom stereocenters. The summed E-state index contributed by atoms with van der Waals surface area (Å²) >= 11 is 1.71. The minimum atomic E-state index is -0.0719. The van der Waals surface area contributed by atoms with Gasteiger partial charge in [0, 0.05) is 12.6 Å². The number of hydrogen-bond acceptors (Lipinski definition) is 4. The molecule has 1 fully saturated rings. The van der Waals surface area contributed by atoms with Gasteiger partial charge < -0.3 is 4.74 Å². The van der Waals surface area contributed by atoms with Gasteiger partial charge in [-0.05, 0) is 48.6 Å². The van der Waals surface area contributed by atoms with Gasteiger partial charge in [0.25, 0.3) is 0 Å². The third kappa shape index (κ3) is 4.05. The Morgan fingerprint density at radius 2 is 2.32 bits per heavy atom. The molecule has 106 valence electrons. The molecule has 1 saturated carbocycles. The second kappa shape index (κ2) is 7.06. The van der Waals surface area contributed by atoms with E-state index in [0.717, 1.165) is 19.4 Å². The lowest BCUT2D eigenvalue weighted by molar-refractivity contribution is -0.150. The Balaban J connectivity index is 2.07. The van der Waals surface area contributed by atoms with Gasteiger partial charge in [-0.25, -0.2) is 0 Å². The molecule has 0 N–H and O–H groups in total. The Labute approximate surface area is 119 Å². The summed E-state index contributed by atoms with van der Waals surface area (Å²) in [6.45, 7) is 5.34. The number of esters is 1. The number of ether oxygens (including phenoxy) is 1. The Morgan fingerprint density at radius 1 is 1.53 bits per heavy atom. The van der Waals surface area contributed by atoms with Crippen molar-refractivity contribution in [3.8, 4) is 0 Å². The number of rotatable bonds is 8. The Bertz CT molecular complexity index is 387. The van der Waals surface area contributed by atoms with E-state index < -0.39 is 0 Å². The van der Waals surface area contributed by atoms with Crippen molar-refractivity contribution in [1.82, 2.24) is 4.90 Å². The lowest BCUT2D eigenvalue weighted by atomic mass is 10.1. The highest BCUT2D eigenvalue weighted by atomic mass is 32.1. The highest BCUT2D eigenvalue weighted by molar-refractivity contribution is 7.07. The lowest BCUT2D eigenvalue weighted by Crippen LogP contribution is -2.43. The van der Waals surface area contributed by atoms with Crippen molar-refractivity contribution in [3.63, 3.8) is 0 Å². The molecule has 0 aliphatic heterocycles. The van der Waals surface area contributed by atoms with E-state index in [4.69, 9.17) is 4.74 Å². The highest BCUT2D eigenvalue weighted by Crippen LogP contribution is 2.32. The molecule has 0 amide bonds. The molecular weight excluding hydrogens is 258 g/mol. The average molecular weight is 281 g/mol. The van der Waals surface area contributed by atoms with Crippen LogP contribution in [0.3, 0.4) is 0 Å². The van der Waals surface area contributed by atoms with Crippen LogP contribution in [0.25, 0.3) is 0 Å². The van der Waals surface area contributed by atoms with Crippen molar-refractivity contribution in [2.24, 2.45) is 0 Å². The van der Waals surface area contributed by atoms with Crippen LogP contribution >= 0.6 is 11.3 Å². The lowest BCUT2D eigenvalue weighted by Gasteiger charge is -2.29. The molecule has 1 aliphatic rings. The van der Waals surface area contributed by atoms with E-state index in [0.29, 0.717) is 12.6 Å². The first-order valence-electron chi connectivity index (χ1n) is 7.19. The number of nitrogens with zero attached hydrogens (tertiary/aromatic N) is 1. The summed E-state index contributed by atoms with van der Waals surface area (Å²) in [7, 11) is 0. The van der Waals surface area contributed by atoms with Gasteiger partial charge in [-0.1, -0.05) is 13.3 Å². The predicted molar refractivity (Wildman–Crippen MR) is 78.2 cm³/mol. The fourth-order valence-electron chi connectivity index (χ4n) is 2.42. The van der Waals surface area contributed by atoms with Crippen LogP contribution in [0.2, 0.25) is 0 Å².